The highest BCUT2D eigenvalue weighted by molar-refractivity contribution is 9.10. The SMILES string of the molecule is Cc1ccc(C2=C(C#N)C(=O)NC3(C2)Cc2ccc(Br)cc2C3)cc1. The zero-order chi connectivity index (χ0) is 17.6. The van der Waals surface area contributed by atoms with Gasteiger partial charge in [-0.1, -0.05) is 51.8 Å². The quantitative estimate of drug-likeness (QED) is 0.794. The van der Waals surface area contributed by atoms with E-state index < -0.39 is 0 Å². The van der Waals surface area contributed by atoms with Crippen LogP contribution in [0.5, 0.6) is 0 Å². The minimum Gasteiger partial charge on any atom is -0.345 e. The Kier molecular flexibility index (Phi) is 3.77. The number of nitriles is 1. The van der Waals surface area contributed by atoms with E-state index >= 15 is 0 Å². The van der Waals surface area contributed by atoms with Crippen molar-refractivity contribution in [1.29, 1.82) is 5.26 Å². The number of nitrogens with one attached hydrogen (secondary N) is 1. The Morgan fingerprint density at radius 1 is 1.08 bits per heavy atom. The van der Waals surface area contributed by atoms with Crippen LogP contribution in [0.3, 0.4) is 0 Å². The molecule has 0 radical (unpaired) electrons. The summed E-state index contributed by atoms with van der Waals surface area (Å²) >= 11 is 3.53. The fraction of sp³-hybridized carbons (Fsp3) is 0.238. The molecule has 3 nitrogen and oxygen atoms in total. The smallest absolute Gasteiger partial charge is 0.262 e. The third-order valence-corrected chi connectivity index (χ3v) is 5.65. The van der Waals surface area contributed by atoms with Gasteiger partial charge in [0.1, 0.15) is 11.6 Å². The van der Waals surface area contributed by atoms with E-state index in [-0.39, 0.29) is 17.0 Å². The third-order valence-electron chi connectivity index (χ3n) is 5.16. The van der Waals surface area contributed by atoms with Crippen molar-refractivity contribution >= 4 is 27.4 Å². The summed E-state index contributed by atoms with van der Waals surface area (Å²) in [6.45, 7) is 2.03. The Balaban J connectivity index is 1.76. The molecule has 0 fully saturated rings. The van der Waals surface area contributed by atoms with E-state index in [9.17, 15) is 10.1 Å². The number of hydrogen-bond acceptors (Lipinski definition) is 2. The van der Waals surface area contributed by atoms with Gasteiger partial charge in [0.05, 0.1) is 5.54 Å². The fourth-order valence-electron chi connectivity index (χ4n) is 3.97. The highest BCUT2D eigenvalue weighted by atomic mass is 79.9. The zero-order valence-corrected chi connectivity index (χ0v) is 15.5. The second-order valence-electron chi connectivity index (χ2n) is 7.01. The monoisotopic (exact) mass is 392 g/mol. The predicted molar refractivity (Wildman–Crippen MR) is 101 cm³/mol. The second-order valence-corrected chi connectivity index (χ2v) is 7.92. The van der Waals surface area contributed by atoms with E-state index in [0.29, 0.717) is 6.42 Å². The van der Waals surface area contributed by atoms with Crippen molar-refractivity contribution in [3.8, 4) is 6.07 Å². The van der Waals surface area contributed by atoms with E-state index in [0.717, 1.165) is 34.0 Å². The van der Waals surface area contributed by atoms with Gasteiger partial charge in [-0.05, 0) is 60.6 Å². The summed E-state index contributed by atoms with van der Waals surface area (Å²) in [7, 11) is 0. The summed E-state index contributed by atoms with van der Waals surface area (Å²) in [4.78, 5) is 12.7. The van der Waals surface area contributed by atoms with Crippen molar-refractivity contribution in [1.82, 2.24) is 5.32 Å². The van der Waals surface area contributed by atoms with Crippen molar-refractivity contribution in [2.45, 2.75) is 31.7 Å². The summed E-state index contributed by atoms with van der Waals surface area (Å²) in [5.74, 6) is -0.254. The lowest BCUT2D eigenvalue weighted by Crippen LogP contribution is -2.52. The topological polar surface area (TPSA) is 52.9 Å². The van der Waals surface area contributed by atoms with E-state index in [2.05, 4.69) is 39.4 Å². The van der Waals surface area contributed by atoms with E-state index in [1.165, 1.54) is 11.1 Å². The van der Waals surface area contributed by atoms with Crippen LogP contribution in [0.4, 0.5) is 0 Å². The molecule has 1 spiro atoms. The molecule has 4 heteroatoms. The third kappa shape index (κ3) is 2.79. The average molecular weight is 393 g/mol. The molecular formula is C21H17BrN2O. The molecule has 1 atom stereocenters. The van der Waals surface area contributed by atoms with Gasteiger partial charge in [-0.25, -0.2) is 0 Å². The molecule has 0 bridgehead atoms. The molecule has 0 saturated heterocycles. The Bertz CT molecular complexity index is 953. The van der Waals surface area contributed by atoms with Crippen molar-refractivity contribution < 1.29 is 4.79 Å². The van der Waals surface area contributed by atoms with E-state index in [4.69, 9.17) is 0 Å². The number of fused-ring (bicyclic) bond motifs is 1. The van der Waals surface area contributed by atoms with Gasteiger partial charge in [-0.2, -0.15) is 5.26 Å². The van der Waals surface area contributed by atoms with Crippen LogP contribution in [0.1, 0.15) is 28.7 Å². The number of nitrogens with zero attached hydrogens (tertiary/aromatic N) is 1. The Labute approximate surface area is 155 Å². The molecule has 1 N–H and O–H groups in total. The molecule has 2 aromatic carbocycles. The van der Waals surface area contributed by atoms with Gasteiger partial charge in [0.15, 0.2) is 0 Å². The molecule has 124 valence electrons. The van der Waals surface area contributed by atoms with Crippen molar-refractivity contribution in [2.24, 2.45) is 0 Å². The van der Waals surface area contributed by atoms with Crippen LogP contribution in [-0.4, -0.2) is 11.4 Å². The first-order valence-corrected chi connectivity index (χ1v) is 9.09. The molecule has 25 heavy (non-hydrogen) atoms. The van der Waals surface area contributed by atoms with Crippen LogP contribution in [0.15, 0.2) is 52.5 Å². The molecule has 1 aliphatic carbocycles. The predicted octanol–water partition coefficient (Wildman–Crippen LogP) is 4.09. The summed E-state index contributed by atoms with van der Waals surface area (Å²) in [5.41, 5.74) is 5.43. The molecule has 1 amide bonds. The van der Waals surface area contributed by atoms with Gasteiger partial charge < -0.3 is 5.32 Å². The van der Waals surface area contributed by atoms with Crippen LogP contribution < -0.4 is 5.32 Å². The van der Waals surface area contributed by atoms with Gasteiger partial charge in [0.25, 0.3) is 5.91 Å². The molecule has 2 aromatic rings. The number of hydrogen-bond donors (Lipinski definition) is 1. The largest absolute Gasteiger partial charge is 0.345 e. The number of carbonyl (C=O) groups excluding carboxylic acids is 1. The number of aryl methyl sites for hydroxylation is 1. The lowest BCUT2D eigenvalue weighted by molar-refractivity contribution is -0.119. The van der Waals surface area contributed by atoms with Crippen LogP contribution >= 0.6 is 15.9 Å². The Morgan fingerprint density at radius 3 is 2.52 bits per heavy atom. The number of rotatable bonds is 1. The van der Waals surface area contributed by atoms with E-state index in [1.807, 2.05) is 37.3 Å². The summed E-state index contributed by atoms with van der Waals surface area (Å²) in [6.07, 6.45) is 2.27. The minimum atomic E-state index is -0.333. The molecule has 4 rings (SSSR count). The average Bonchev–Trinajstić information content (AvgIpc) is 2.91. The van der Waals surface area contributed by atoms with Crippen LogP contribution in [0.25, 0.3) is 5.57 Å². The normalized spacial score (nSPS) is 21.9. The highest BCUT2D eigenvalue weighted by Gasteiger charge is 2.43. The number of benzene rings is 2. The first kappa shape index (κ1) is 16.1. The number of amides is 1. The van der Waals surface area contributed by atoms with Crippen LogP contribution in [0, 0.1) is 18.3 Å². The zero-order valence-electron chi connectivity index (χ0n) is 13.9. The van der Waals surface area contributed by atoms with Crippen molar-refractivity contribution in [3.63, 3.8) is 0 Å². The molecule has 1 aliphatic heterocycles. The molecule has 0 aromatic heterocycles. The van der Waals surface area contributed by atoms with Gasteiger partial charge in [0.2, 0.25) is 0 Å². The maximum absolute atomic E-state index is 12.7. The molecular weight excluding hydrogens is 376 g/mol. The highest BCUT2D eigenvalue weighted by Crippen LogP contribution is 2.41. The van der Waals surface area contributed by atoms with Crippen LogP contribution in [-0.2, 0) is 17.6 Å². The minimum absolute atomic E-state index is 0.242. The van der Waals surface area contributed by atoms with Gasteiger partial charge >= 0.3 is 0 Å². The lowest BCUT2D eigenvalue weighted by Gasteiger charge is -2.36. The van der Waals surface area contributed by atoms with Gasteiger partial charge in [0, 0.05) is 4.47 Å². The second kappa shape index (κ2) is 5.86. The molecule has 2 aliphatic rings. The fourth-order valence-corrected chi connectivity index (χ4v) is 4.38. The van der Waals surface area contributed by atoms with E-state index in [1.54, 1.807) is 0 Å². The molecule has 1 unspecified atom stereocenters. The summed E-state index contributed by atoms with van der Waals surface area (Å²) in [5, 5.41) is 12.6. The van der Waals surface area contributed by atoms with Crippen LogP contribution in [0.2, 0.25) is 0 Å². The first-order chi connectivity index (χ1) is 12.0. The Hall–Kier alpha value is -2.38. The summed E-state index contributed by atoms with van der Waals surface area (Å²) in [6, 6.07) is 16.5. The maximum atomic E-state index is 12.7. The lowest BCUT2D eigenvalue weighted by atomic mass is 9.79. The maximum Gasteiger partial charge on any atom is 0.262 e. The molecule has 1 heterocycles. The van der Waals surface area contributed by atoms with Gasteiger partial charge in [-0.15, -0.1) is 0 Å². The Morgan fingerprint density at radius 2 is 1.80 bits per heavy atom. The molecule has 0 saturated carbocycles. The van der Waals surface area contributed by atoms with Gasteiger partial charge in [-0.3, -0.25) is 4.79 Å². The van der Waals surface area contributed by atoms with Crippen molar-refractivity contribution in [2.75, 3.05) is 0 Å². The standard InChI is InChI=1S/C21H17BrN2O/c1-13-2-4-14(5-3-13)18-11-21(24-20(25)19(18)12-23)9-15-6-7-17(22)8-16(15)10-21/h2-8H,9-11H2,1H3,(H,24,25). The van der Waals surface area contributed by atoms with Crippen molar-refractivity contribution in [3.05, 3.63) is 74.8 Å². The summed E-state index contributed by atoms with van der Waals surface area (Å²) < 4.78 is 1.05. The first-order valence-electron chi connectivity index (χ1n) is 8.30. The number of halogens is 1. The number of carbonyl (C=O) groups is 1.